The molecular formula is C12H18FNO3S. The average molecular weight is 275 g/mol. The minimum absolute atomic E-state index is 0.0845. The molecule has 0 bridgehead atoms. The van der Waals surface area contributed by atoms with E-state index >= 15 is 0 Å². The van der Waals surface area contributed by atoms with Crippen LogP contribution in [-0.2, 0) is 10.0 Å². The number of aliphatic hydroxyl groups is 1. The third-order valence-corrected chi connectivity index (χ3v) is 4.41. The Morgan fingerprint density at radius 3 is 2.44 bits per heavy atom. The van der Waals surface area contributed by atoms with Crippen molar-refractivity contribution in [2.75, 3.05) is 6.54 Å². The highest BCUT2D eigenvalue weighted by Crippen LogP contribution is 2.15. The van der Waals surface area contributed by atoms with Crippen LogP contribution in [0.1, 0.15) is 26.7 Å². The molecule has 0 heterocycles. The van der Waals surface area contributed by atoms with Gasteiger partial charge in [-0.1, -0.05) is 19.9 Å². The van der Waals surface area contributed by atoms with Crippen LogP contribution in [0, 0.1) is 5.82 Å². The minimum Gasteiger partial charge on any atom is -0.389 e. The molecule has 0 unspecified atom stereocenters. The van der Waals surface area contributed by atoms with Gasteiger partial charge in [0, 0.05) is 6.54 Å². The molecule has 0 aliphatic heterocycles. The molecule has 0 amide bonds. The zero-order valence-corrected chi connectivity index (χ0v) is 11.3. The summed E-state index contributed by atoms with van der Waals surface area (Å²) >= 11 is 0. The van der Waals surface area contributed by atoms with E-state index in [4.69, 9.17) is 0 Å². The Balaban J connectivity index is 2.84. The monoisotopic (exact) mass is 275 g/mol. The first-order valence-corrected chi connectivity index (χ1v) is 7.29. The summed E-state index contributed by atoms with van der Waals surface area (Å²) in [5.74, 6) is -0.612. The SMILES string of the molecule is CCC(O)(CC)CNS(=O)(=O)c1cccc(F)c1. The first kappa shape index (κ1) is 15.1. The lowest BCUT2D eigenvalue weighted by Crippen LogP contribution is -2.41. The van der Waals surface area contributed by atoms with Gasteiger partial charge in [-0.05, 0) is 31.0 Å². The number of halogens is 1. The molecule has 0 aliphatic rings. The fourth-order valence-corrected chi connectivity index (χ4v) is 2.60. The molecule has 0 spiro atoms. The molecule has 102 valence electrons. The Morgan fingerprint density at radius 2 is 1.94 bits per heavy atom. The van der Waals surface area contributed by atoms with Crippen LogP contribution < -0.4 is 4.72 Å². The van der Waals surface area contributed by atoms with Crippen LogP contribution >= 0.6 is 0 Å². The number of sulfonamides is 1. The topological polar surface area (TPSA) is 66.4 Å². The molecule has 0 aliphatic carbocycles. The molecule has 1 rings (SSSR count). The van der Waals surface area contributed by atoms with Crippen molar-refractivity contribution in [3.8, 4) is 0 Å². The molecule has 1 aromatic carbocycles. The molecule has 0 saturated heterocycles. The van der Waals surface area contributed by atoms with E-state index in [0.29, 0.717) is 12.8 Å². The van der Waals surface area contributed by atoms with Crippen LogP contribution in [0.15, 0.2) is 29.2 Å². The standard InChI is InChI=1S/C12H18FNO3S/c1-3-12(15,4-2)9-14-18(16,17)11-7-5-6-10(13)8-11/h5-8,14-15H,3-4,9H2,1-2H3. The van der Waals surface area contributed by atoms with Crippen molar-refractivity contribution in [1.82, 2.24) is 4.72 Å². The van der Waals surface area contributed by atoms with Crippen molar-refractivity contribution < 1.29 is 17.9 Å². The molecule has 0 radical (unpaired) electrons. The second kappa shape index (κ2) is 5.77. The molecule has 0 atom stereocenters. The van der Waals surface area contributed by atoms with Crippen LogP contribution in [0.25, 0.3) is 0 Å². The summed E-state index contributed by atoms with van der Waals surface area (Å²) in [4.78, 5) is -0.142. The van der Waals surface area contributed by atoms with Crippen molar-refractivity contribution in [2.24, 2.45) is 0 Å². The fraction of sp³-hybridized carbons (Fsp3) is 0.500. The first-order chi connectivity index (χ1) is 8.33. The van der Waals surface area contributed by atoms with Gasteiger partial charge >= 0.3 is 0 Å². The van der Waals surface area contributed by atoms with Crippen molar-refractivity contribution in [2.45, 2.75) is 37.2 Å². The normalized spacial score (nSPS) is 12.7. The molecule has 0 saturated carbocycles. The predicted octanol–water partition coefficient (Wildman–Crippen LogP) is 1.66. The highest BCUT2D eigenvalue weighted by Gasteiger charge is 2.25. The van der Waals surface area contributed by atoms with Crippen molar-refractivity contribution in [3.63, 3.8) is 0 Å². The average Bonchev–Trinajstić information content (AvgIpc) is 2.36. The maximum absolute atomic E-state index is 13.0. The summed E-state index contributed by atoms with van der Waals surface area (Å²) < 4.78 is 39.0. The second-order valence-corrected chi connectivity index (χ2v) is 5.98. The van der Waals surface area contributed by atoms with Gasteiger partial charge in [0.2, 0.25) is 10.0 Å². The molecule has 18 heavy (non-hydrogen) atoms. The lowest BCUT2D eigenvalue weighted by atomic mass is 9.98. The quantitative estimate of drug-likeness (QED) is 0.829. The van der Waals surface area contributed by atoms with Gasteiger partial charge in [0.1, 0.15) is 5.82 Å². The Kier molecular flexibility index (Phi) is 4.84. The fourth-order valence-electron chi connectivity index (χ4n) is 1.45. The Bertz CT molecular complexity index is 498. The van der Waals surface area contributed by atoms with E-state index in [-0.39, 0.29) is 11.4 Å². The number of rotatable bonds is 6. The molecule has 0 aromatic heterocycles. The second-order valence-electron chi connectivity index (χ2n) is 4.21. The van der Waals surface area contributed by atoms with E-state index in [1.807, 2.05) is 0 Å². The highest BCUT2D eigenvalue weighted by atomic mass is 32.2. The number of benzene rings is 1. The lowest BCUT2D eigenvalue weighted by molar-refractivity contribution is 0.0377. The summed E-state index contributed by atoms with van der Waals surface area (Å²) in [5, 5.41) is 9.99. The molecule has 4 nitrogen and oxygen atoms in total. The highest BCUT2D eigenvalue weighted by molar-refractivity contribution is 7.89. The van der Waals surface area contributed by atoms with E-state index in [9.17, 15) is 17.9 Å². The zero-order valence-electron chi connectivity index (χ0n) is 10.5. The van der Waals surface area contributed by atoms with E-state index in [2.05, 4.69) is 4.72 Å². The lowest BCUT2D eigenvalue weighted by Gasteiger charge is -2.25. The van der Waals surface area contributed by atoms with Gasteiger partial charge in [-0.3, -0.25) is 0 Å². The van der Waals surface area contributed by atoms with Crippen molar-refractivity contribution >= 4 is 10.0 Å². The maximum atomic E-state index is 13.0. The van der Waals surface area contributed by atoms with Gasteiger partial charge in [-0.2, -0.15) is 0 Å². The number of nitrogens with one attached hydrogen (secondary N) is 1. The summed E-state index contributed by atoms with van der Waals surface area (Å²) in [6.07, 6.45) is 0.879. The van der Waals surface area contributed by atoms with Gasteiger partial charge in [0.25, 0.3) is 0 Å². The van der Waals surface area contributed by atoms with Gasteiger partial charge < -0.3 is 5.11 Å². The summed E-state index contributed by atoms with van der Waals surface area (Å²) in [6.45, 7) is 3.47. The van der Waals surface area contributed by atoms with Crippen LogP contribution in [0.4, 0.5) is 4.39 Å². The van der Waals surface area contributed by atoms with Crippen LogP contribution in [0.3, 0.4) is 0 Å². The van der Waals surface area contributed by atoms with E-state index in [0.717, 1.165) is 6.07 Å². The largest absolute Gasteiger partial charge is 0.389 e. The molecule has 2 N–H and O–H groups in total. The van der Waals surface area contributed by atoms with Gasteiger partial charge in [0.05, 0.1) is 10.5 Å². The van der Waals surface area contributed by atoms with E-state index in [1.54, 1.807) is 13.8 Å². The van der Waals surface area contributed by atoms with Crippen LogP contribution in [0.2, 0.25) is 0 Å². The van der Waals surface area contributed by atoms with Crippen molar-refractivity contribution in [3.05, 3.63) is 30.1 Å². The van der Waals surface area contributed by atoms with Gasteiger partial charge in [0.15, 0.2) is 0 Å². The van der Waals surface area contributed by atoms with Crippen LogP contribution in [0.5, 0.6) is 0 Å². The molecular weight excluding hydrogens is 257 g/mol. The Hall–Kier alpha value is -0.980. The van der Waals surface area contributed by atoms with E-state index in [1.165, 1.54) is 18.2 Å². The molecule has 0 fully saturated rings. The minimum atomic E-state index is -3.79. The number of hydrogen-bond acceptors (Lipinski definition) is 3. The third kappa shape index (κ3) is 3.76. The Morgan fingerprint density at radius 1 is 1.33 bits per heavy atom. The predicted molar refractivity (Wildman–Crippen MR) is 67.1 cm³/mol. The smallest absolute Gasteiger partial charge is 0.240 e. The summed E-state index contributed by atoms with van der Waals surface area (Å²) in [7, 11) is -3.79. The van der Waals surface area contributed by atoms with Crippen LogP contribution in [-0.4, -0.2) is 25.7 Å². The third-order valence-electron chi connectivity index (χ3n) is 3.01. The number of hydrogen-bond donors (Lipinski definition) is 2. The first-order valence-electron chi connectivity index (χ1n) is 5.80. The Labute approximate surface area is 107 Å². The maximum Gasteiger partial charge on any atom is 0.240 e. The van der Waals surface area contributed by atoms with Gasteiger partial charge in [-0.25, -0.2) is 17.5 Å². The van der Waals surface area contributed by atoms with E-state index < -0.39 is 21.4 Å². The summed E-state index contributed by atoms with van der Waals surface area (Å²) in [6, 6.07) is 4.75. The van der Waals surface area contributed by atoms with Gasteiger partial charge in [-0.15, -0.1) is 0 Å². The zero-order chi connectivity index (χ0) is 13.8. The molecule has 1 aromatic rings. The van der Waals surface area contributed by atoms with Crippen molar-refractivity contribution in [1.29, 1.82) is 0 Å². The summed E-state index contributed by atoms with van der Waals surface area (Å²) in [5.41, 5.74) is -1.07. The molecule has 6 heteroatoms.